The van der Waals surface area contributed by atoms with Crippen LogP contribution in [-0.2, 0) is 65.2 Å². The third-order valence-corrected chi connectivity index (χ3v) is 0. The van der Waals surface area contributed by atoms with E-state index >= 15 is 0 Å². The number of nitrogens with zero attached hydrogens (tertiary/aromatic N) is 7. The molecule has 0 aromatic rings. The van der Waals surface area contributed by atoms with Crippen molar-refractivity contribution in [3.63, 3.8) is 0 Å². The van der Waals surface area contributed by atoms with E-state index in [1.165, 1.54) is 0 Å². The van der Waals surface area contributed by atoms with Crippen molar-refractivity contribution in [1.29, 1.82) is 0 Å². The van der Waals surface area contributed by atoms with Crippen molar-refractivity contribution in [2.24, 2.45) is 0 Å². The standard InChI is InChI=1S/3Al.6BH3.7N.3Ti/h;;;6*1H3;;;;;;;;;;/q3*+3;;;;;;;7*-3;3*+4. The number of hydrogen-bond acceptors (Lipinski definition) is 0. The molecule has 0 aliphatic heterocycles. The largest absolute Gasteiger partial charge is 4.00 e. The van der Waals surface area contributed by atoms with E-state index in [1.807, 2.05) is 0 Å². The summed E-state index contributed by atoms with van der Waals surface area (Å²) in [7, 11) is 0. The molecule has 0 heterocycles. The molecule has 0 radical (unpaired) electrons. The first-order valence-electron chi connectivity index (χ1n) is 0. The molecular formula is H18Al3B6N7Ti3. The summed E-state index contributed by atoms with van der Waals surface area (Å²) in [5.74, 6) is 0. The molecule has 0 fully saturated rings. The van der Waals surface area contributed by atoms with Crippen LogP contribution in [0.4, 0.5) is 0 Å². The van der Waals surface area contributed by atoms with Crippen LogP contribution < -0.4 is 0 Å². The predicted octanol–water partition coefficient (Wildman–Crippen LogP) is -6.23. The van der Waals surface area contributed by atoms with Crippen molar-refractivity contribution in [1.82, 2.24) is 0 Å². The Bertz CT molecular complexity index is 36.0. The molecule has 0 saturated heterocycles. The van der Waals surface area contributed by atoms with E-state index < -0.39 is 0 Å². The van der Waals surface area contributed by atoms with Crippen LogP contribution in [0.5, 0.6) is 0 Å². The first-order valence-corrected chi connectivity index (χ1v) is 0. The van der Waals surface area contributed by atoms with Gasteiger partial charge in [0, 0.05) is 0 Å². The summed E-state index contributed by atoms with van der Waals surface area (Å²) in [4.78, 5) is 0. The van der Waals surface area contributed by atoms with Gasteiger partial charge in [0.05, 0.1) is 50.5 Å². The van der Waals surface area contributed by atoms with Crippen LogP contribution in [-0.4, -0.2) is 103 Å². The van der Waals surface area contributed by atoms with Gasteiger partial charge in [-0.2, -0.15) is 0 Å². The van der Waals surface area contributed by atoms with Gasteiger partial charge in [-0.05, 0) is 0 Å². The number of rotatable bonds is 0. The van der Waals surface area contributed by atoms with Crippen LogP contribution in [0.1, 0.15) is 0 Å². The van der Waals surface area contributed by atoms with Crippen LogP contribution in [0.2, 0.25) is 0 Å². The third-order valence-electron chi connectivity index (χ3n) is 0. The summed E-state index contributed by atoms with van der Waals surface area (Å²) in [5, 5.41) is 0. The molecule has 19 heteroatoms. The van der Waals surface area contributed by atoms with Crippen LogP contribution in [0, 0.1) is 0 Å². The summed E-state index contributed by atoms with van der Waals surface area (Å²) in [6.07, 6.45) is 0. The van der Waals surface area contributed by atoms with Gasteiger partial charge in [0.1, 0.15) is 0 Å². The van der Waals surface area contributed by atoms with E-state index in [2.05, 4.69) is 0 Å². The summed E-state index contributed by atoms with van der Waals surface area (Å²) < 4.78 is 0. The molecule has 0 saturated carbocycles. The van der Waals surface area contributed by atoms with Gasteiger partial charge < -0.3 is 43.1 Å². The molecule has 0 aliphatic carbocycles. The summed E-state index contributed by atoms with van der Waals surface area (Å²) in [5.41, 5.74) is 0. The monoisotopic (exact) mass is 407 g/mol. The third kappa shape index (κ3) is 581. The maximum atomic E-state index is 0. The fourth-order valence-electron chi connectivity index (χ4n) is 0. The molecule has 0 spiro atoms. The first kappa shape index (κ1) is 736. The molecule has 7 nitrogen and oxygen atoms in total. The van der Waals surface area contributed by atoms with Crippen LogP contribution in [0.3, 0.4) is 0 Å². The molecule has 0 rings (SSSR count). The molecule has 92 valence electrons. The smallest absolute Gasteiger partial charge is 3.00 e. The van der Waals surface area contributed by atoms with Crippen molar-refractivity contribution >= 4 is 103 Å². The maximum Gasteiger partial charge on any atom is 4.00 e. The van der Waals surface area contributed by atoms with Crippen molar-refractivity contribution in [3.05, 3.63) is 43.1 Å². The summed E-state index contributed by atoms with van der Waals surface area (Å²) in [6, 6.07) is 0. The van der Waals surface area contributed by atoms with E-state index in [-0.39, 0.29) is 211 Å². The predicted molar refractivity (Wildman–Crippen MR) is 100 cm³/mol. The second-order valence-corrected chi connectivity index (χ2v) is 0. The average Bonchev–Trinajstić information content (AvgIpc) is 0. The molecule has 0 amide bonds. The molecule has 0 atom stereocenters. The zero-order valence-corrected chi connectivity index (χ0v) is 14.5. The van der Waals surface area contributed by atoms with Crippen molar-refractivity contribution in [3.8, 4) is 0 Å². The van der Waals surface area contributed by atoms with Gasteiger partial charge in [-0.1, -0.05) is 0 Å². The maximum absolute atomic E-state index is 0. The Kier molecular flexibility index (Phi) is 24800. The molecule has 0 aliphatic rings. The molecular weight excluding hydrogens is 387 g/mol. The summed E-state index contributed by atoms with van der Waals surface area (Å²) >= 11 is 0. The van der Waals surface area contributed by atoms with Gasteiger partial charge in [0.2, 0.25) is 0 Å². The second-order valence-electron chi connectivity index (χ2n) is 0. The van der Waals surface area contributed by atoms with Gasteiger partial charge in [0.15, 0.2) is 0 Å². The Morgan fingerprint density at radius 3 is 0.211 bits per heavy atom. The second kappa shape index (κ2) is 641. The fourth-order valence-corrected chi connectivity index (χ4v) is 0. The minimum absolute atomic E-state index is 0. The van der Waals surface area contributed by atoms with Crippen LogP contribution in [0.15, 0.2) is 0 Å². The van der Waals surface area contributed by atoms with Crippen molar-refractivity contribution in [2.45, 2.75) is 0 Å². The minimum atomic E-state index is 0. The quantitative estimate of drug-likeness (QED) is 0.344. The van der Waals surface area contributed by atoms with Gasteiger partial charge >= 0.3 is 117 Å². The van der Waals surface area contributed by atoms with E-state index in [0.717, 1.165) is 0 Å². The van der Waals surface area contributed by atoms with E-state index in [9.17, 15) is 0 Å². The van der Waals surface area contributed by atoms with Crippen molar-refractivity contribution < 1.29 is 65.2 Å². The molecule has 0 unspecified atom stereocenters. The Hall–Kier alpha value is 3.85. The fraction of sp³-hybridized carbons (Fsp3) is 0. The molecule has 19 heavy (non-hydrogen) atoms. The van der Waals surface area contributed by atoms with Gasteiger partial charge in [-0.15, -0.1) is 0 Å². The zero-order valence-electron chi connectivity index (χ0n) is 6.36. The average molecular weight is 406 g/mol. The molecule has 0 N–H and O–H groups in total. The Morgan fingerprint density at radius 2 is 0.211 bits per heavy atom. The van der Waals surface area contributed by atoms with Crippen molar-refractivity contribution in [2.75, 3.05) is 0 Å². The van der Waals surface area contributed by atoms with Gasteiger partial charge in [0.25, 0.3) is 0 Å². The first-order chi connectivity index (χ1) is 0. The molecule has 0 aromatic heterocycles. The Balaban J connectivity index is 0. The van der Waals surface area contributed by atoms with Crippen LogP contribution >= 0.6 is 0 Å². The Morgan fingerprint density at radius 1 is 0.211 bits per heavy atom. The number of hydrogen-bond donors (Lipinski definition) is 0. The summed E-state index contributed by atoms with van der Waals surface area (Å²) in [6.45, 7) is 0. The van der Waals surface area contributed by atoms with Gasteiger partial charge in [-0.3, -0.25) is 0 Å². The normalized spacial score (nSPS) is 0. The van der Waals surface area contributed by atoms with Crippen LogP contribution in [0.25, 0.3) is 43.1 Å². The van der Waals surface area contributed by atoms with E-state index in [4.69, 9.17) is 0 Å². The molecule has 0 aromatic carbocycles. The van der Waals surface area contributed by atoms with Gasteiger partial charge in [-0.25, -0.2) is 0 Å². The molecule has 0 bridgehead atoms. The Labute approximate surface area is 208 Å². The topological polar surface area (TPSA) is 214 Å². The SMILES string of the molecule is B.B.B.B.B.B.[Al+3].[Al+3].[Al+3].[N-3].[N-3].[N-3].[N-3].[N-3].[N-3].[N-3].[Ti+4].[Ti+4].[Ti+4]. The zero-order chi connectivity index (χ0) is 0. The van der Waals surface area contributed by atoms with E-state index in [0.29, 0.717) is 0 Å². The minimum Gasteiger partial charge on any atom is -3.00 e. The van der Waals surface area contributed by atoms with E-state index in [1.54, 1.807) is 0 Å².